The molecule has 7 aliphatic rings. The summed E-state index contributed by atoms with van der Waals surface area (Å²) in [6, 6.07) is 27.3. The maximum atomic E-state index is 5.48. The van der Waals surface area contributed by atoms with E-state index >= 15 is 0 Å². The number of thiol groups is 1. The lowest BCUT2D eigenvalue weighted by molar-refractivity contribution is 0.331. The molecule has 11 rings (SSSR count). The first-order valence-electron chi connectivity index (χ1n) is 25.2. The zero-order valence-electron chi connectivity index (χ0n) is 41.8. The van der Waals surface area contributed by atoms with E-state index in [1.165, 1.54) is 131 Å². The van der Waals surface area contributed by atoms with Gasteiger partial charge >= 0.3 is 0 Å². The highest BCUT2D eigenvalue weighted by atomic mass is 32.1. The summed E-state index contributed by atoms with van der Waals surface area (Å²) in [5.74, 6) is 0. The van der Waals surface area contributed by atoms with E-state index in [1.807, 2.05) is 0 Å². The van der Waals surface area contributed by atoms with Crippen molar-refractivity contribution >= 4 is 41.2 Å². The summed E-state index contributed by atoms with van der Waals surface area (Å²) in [5, 5.41) is 0. The molecular formula is C64H71NS. The lowest BCUT2D eigenvalue weighted by atomic mass is 9.62. The average Bonchev–Trinajstić information content (AvgIpc) is 3.72. The maximum Gasteiger partial charge on any atom is 0.0670 e. The number of aryl methyl sites for hydroxylation is 1. The van der Waals surface area contributed by atoms with Crippen LogP contribution in [0.3, 0.4) is 0 Å². The Labute approximate surface area is 402 Å². The molecular weight excluding hydrogens is 815 g/mol. The Hall–Kier alpha value is -4.79. The smallest absolute Gasteiger partial charge is 0.0670 e. The zero-order chi connectivity index (χ0) is 46.5. The highest BCUT2D eigenvalue weighted by molar-refractivity contribution is 7.84. The second-order valence-corrected chi connectivity index (χ2v) is 24.8. The van der Waals surface area contributed by atoms with Gasteiger partial charge in [-0.05, 0) is 200 Å². The van der Waals surface area contributed by atoms with Crippen LogP contribution in [0.4, 0.5) is 5.69 Å². The van der Waals surface area contributed by atoms with Gasteiger partial charge in [0, 0.05) is 27.1 Å². The Bertz CT molecular complexity index is 3030. The maximum absolute atomic E-state index is 5.48. The molecule has 0 amide bonds. The molecule has 66 heavy (non-hydrogen) atoms. The minimum atomic E-state index is -0.282. The first-order valence-corrected chi connectivity index (χ1v) is 25.7. The Kier molecular flexibility index (Phi) is 9.85. The number of allylic oxidation sites excluding steroid dienone is 9. The third kappa shape index (κ3) is 6.61. The molecule has 1 heterocycles. The molecule has 338 valence electrons. The van der Waals surface area contributed by atoms with Crippen LogP contribution in [0.2, 0.25) is 0 Å². The van der Waals surface area contributed by atoms with Gasteiger partial charge in [-0.1, -0.05) is 149 Å². The van der Waals surface area contributed by atoms with E-state index in [1.54, 1.807) is 0 Å². The second kappa shape index (κ2) is 14.9. The minimum Gasteiger partial charge on any atom is -0.308 e. The van der Waals surface area contributed by atoms with Crippen LogP contribution in [0.15, 0.2) is 124 Å². The van der Waals surface area contributed by atoms with Crippen LogP contribution in [0, 0.1) is 0 Å². The van der Waals surface area contributed by atoms with Crippen molar-refractivity contribution in [3.05, 3.63) is 191 Å². The molecule has 0 saturated carbocycles. The molecule has 1 nitrogen and oxygen atoms in total. The SMILES string of the molecule is C=C(S)/C1=C2\C(=CC3=CCCC(=C3C)c3cc4c(cc3CC3=C(c5cc6c(cc5C3(C)C)C(C)(C)CCC6(C)C)N1c1ccc3c(c1)C(C)(C)CCC3(C)C)C=CCC4)Cc1ccccc12. The number of hydrogen-bond acceptors (Lipinski definition) is 2. The Morgan fingerprint density at radius 3 is 2.00 bits per heavy atom. The summed E-state index contributed by atoms with van der Waals surface area (Å²) in [7, 11) is 0. The molecule has 6 aliphatic carbocycles. The normalized spacial score (nSPS) is 23.6. The highest BCUT2D eigenvalue weighted by Crippen LogP contribution is 2.58. The van der Waals surface area contributed by atoms with Gasteiger partial charge in [-0.15, -0.1) is 12.6 Å². The quantitative estimate of drug-likeness (QED) is 0.196. The van der Waals surface area contributed by atoms with E-state index in [0.29, 0.717) is 0 Å². The molecule has 1 aliphatic heterocycles. The van der Waals surface area contributed by atoms with Gasteiger partial charge in [0.15, 0.2) is 0 Å². The van der Waals surface area contributed by atoms with Crippen molar-refractivity contribution in [2.75, 3.05) is 4.90 Å². The Morgan fingerprint density at radius 2 is 1.29 bits per heavy atom. The number of benzene rings is 4. The van der Waals surface area contributed by atoms with E-state index in [9.17, 15) is 0 Å². The van der Waals surface area contributed by atoms with Gasteiger partial charge in [0.05, 0.1) is 11.4 Å². The molecule has 0 saturated heterocycles. The van der Waals surface area contributed by atoms with Crippen LogP contribution in [-0.2, 0) is 46.3 Å². The third-order valence-electron chi connectivity index (χ3n) is 17.9. The fourth-order valence-corrected chi connectivity index (χ4v) is 13.7. The largest absolute Gasteiger partial charge is 0.308 e. The molecule has 4 aromatic rings. The molecule has 0 fully saturated rings. The number of fused-ring (bicyclic) bond motifs is 11. The van der Waals surface area contributed by atoms with Gasteiger partial charge in [-0.2, -0.15) is 0 Å². The summed E-state index contributed by atoms with van der Waals surface area (Å²) in [5.41, 5.74) is 29.2. The van der Waals surface area contributed by atoms with Crippen LogP contribution in [-0.4, -0.2) is 0 Å². The molecule has 0 atom stereocenters. The third-order valence-corrected chi connectivity index (χ3v) is 18.1. The van der Waals surface area contributed by atoms with Crippen molar-refractivity contribution in [1.82, 2.24) is 0 Å². The lowest BCUT2D eigenvalue weighted by Crippen LogP contribution is -2.35. The Balaban J connectivity index is 1.33. The van der Waals surface area contributed by atoms with E-state index < -0.39 is 0 Å². The predicted octanol–water partition coefficient (Wildman–Crippen LogP) is 16.9. The van der Waals surface area contributed by atoms with Crippen molar-refractivity contribution in [2.24, 2.45) is 0 Å². The molecule has 0 radical (unpaired) electrons. The second-order valence-electron chi connectivity index (χ2n) is 24.3. The van der Waals surface area contributed by atoms with E-state index in [0.717, 1.165) is 55.5 Å². The van der Waals surface area contributed by atoms with Crippen LogP contribution >= 0.6 is 12.6 Å². The first kappa shape index (κ1) is 43.8. The van der Waals surface area contributed by atoms with Crippen LogP contribution in [0.1, 0.15) is 188 Å². The number of nitrogens with zero attached hydrogens (tertiary/aromatic N) is 1. The molecule has 2 bridgehead atoms. The Morgan fingerprint density at radius 1 is 0.621 bits per heavy atom. The summed E-state index contributed by atoms with van der Waals surface area (Å²) >= 11 is 5.48. The summed E-state index contributed by atoms with van der Waals surface area (Å²) in [4.78, 5) is 3.50. The van der Waals surface area contributed by atoms with Gasteiger partial charge in [-0.25, -0.2) is 0 Å². The fraction of sp³-hybridized carbons (Fsp3) is 0.406. The van der Waals surface area contributed by atoms with E-state index in [4.69, 9.17) is 19.2 Å². The molecule has 0 spiro atoms. The monoisotopic (exact) mass is 886 g/mol. The highest BCUT2D eigenvalue weighted by Gasteiger charge is 2.47. The first-order chi connectivity index (χ1) is 31.2. The average molecular weight is 886 g/mol. The predicted molar refractivity (Wildman–Crippen MR) is 287 cm³/mol. The van der Waals surface area contributed by atoms with Gasteiger partial charge in [-0.3, -0.25) is 0 Å². The summed E-state index contributed by atoms with van der Waals surface area (Å²) < 4.78 is 0. The number of hydrogen-bond donors (Lipinski definition) is 1. The molecule has 2 heteroatoms. The van der Waals surface area contributed by atoms with Gasteiger partial charge < -0.3 is 4.90 Å². The molecule has 0 aromatic heterocycles. The van der Waals surface area contributed by atoms with E-state index in [-0.39, 0.29) is 27.1 Å². The lowest BCUT2D eigenvalue weighted by Gasteiger charge is -2.43. The van der Waals surface area contributed by atoms with Crippen LogP contribution < -0.4 is 4.90 Å². The topological polar surface area (TPSA) is 3.24 Å². The van der Waals surface area contributed by atoms with Crippen molar-refractivity contribution in [3.8, 4) is 0 Å². The number of anilines is 1. The zero-order valence-corrected chi connectivity index (χ0v) is 42.7. The minimum absolute atomic E-state index is 0.0282. The standard InChI is InChI=1S/C64H71NS/c1-38-40-21-17-23-47(38)49-33-42-19-14-13-18-41(42)31-44(49)34-56-59(50-36-54-55(37-52(50)64(56,11)12)63(9,10)29-28-62(54,7)8)65(46-24-25-51-53(35-46)61(5,6)27-26-60(51,3)4)58(39(2)66)57-45(30-40)32-43-20-15-16-22-48(43)57/h13,15-16,18,20-22,24-25,30-31,33,35-37,66H,2,14,17,19,23,26-29,32,34H2,1,3-12H3/b45-30?,58-57-. The van der Waals surface area contributed by atoms with Gasteiger partial charge in [0.1, 0.15) is 0 Å². The molecule has 0 unspecified atom stereocenters. The van der Waals surface area contributed by atoms with Gasteiger partial charge in [0.25, 0.3) is 0 Å². The number of rotatable bonds is 2. The fourth-order valence-electron chi connectivity index (χ4n) is 13.5. The van der Waals surface area contributed by atoms with Crippen molar-refractivity contribution in [1.29, 1.82) is 0 Å². The molecule has 0 N–H and O–H groups in total. The van der Waals surface area contributed by atoms with E-state index in [2.05, 4.69) is 172 Å². The van der Waals surface area contributed by atoms with Crippen molar-refractivity contribution in [3.63, 3.8) is 0 Å². The summed E-state index contributed by atoms with van der Waals surface area (Å²) in [6.07, 6.45) is 20.6. The van der Waals surface area contributed by atoms with Crippen molar-refractivity contribution < 1.29 is 0 Å². The molecule has 4 aromatic carbocycles. The van der Waals surface area contributed by atoms with Crippen LogP contribution in [0.25, 0.3) is 22.9 Å². The van der Waals surface area contributed by atoms with Gasteiger partial charge in [0.2, 0.25) is 0 Å². The van der Waals surface area contributed by atoms with Crippen LogP contribution in [0.5, 0.6) is 0 Å². The van der Waals surface area contributed by atoms with Crippen molar-refractivity contribution in [2.45, 2.75) is 167 Å². The summed E-state index contributed by atoms with van der Waals surface area (Å²) in [6.45, 7) is 32.2.